The van der Waals surface area contributed by atoms with Crippen molar-refractivity contribution in [2.45, 2.75) is 26.7 Å². The quantitative estimate of drug-likeness (QED) is 0.584. The van der Waals surface area contributed by atoms with Crippen LogP contribution in [0.5, 0.6) is 11.5 Å². The third-order valence-corrected chi connectivity index (χ3v) is 4.95. The monoisotopic (exact) mass is 428 g/mol. The molecule has 7 heteroatoms. The summed E-state index contributed by atoms with van der Waals surface area (Å²) in [5.41, 5.74) is 1.81. The second kappa shape index (κ2) is 9.67. The molecule has 2 aromatic rings. The average molecular weight is 429 g/mol. The smallest absolute Gasteiger partial charge is 0.278 e. The Bertz CT molecular complexity index is 970. The Kier molecular flexibility index (Phi) is 7.00. The zero-order chi connectivity index (χ0) is 21.7. The summed E-state index contributed by atoms with van der Waals surface area (Å²) in [6, 6.07) is 12.3. The number of hydrogen-bond donors (Lipinski definition) is 1. The van der Waals surface area contributed by atoms with Crippen molar-refractivity contribution in [3.8, 4) is 11.5 Å². The van der Waals surface area contributed by atoms with E-state index >= 15 is 0 Å². The summed E-state index contributed by atoms with van der Waals surface area (Å²) < 4.78 is 10.8. The maximum Gasteiger partial charge on any atom is 0.278 e. The number of nitrogens with one attached hydrogen (secondary N) is 1. The zero-order valence-corrected chi connectivity index (χ0v) is 18.1. The molecule has 0 saturated heterocycles. The molecular weight excluding hydrogens is 404 g/mol. The number of halogens is 1. The van der Waals surface area contributed by atoms with Crippen molar-refractivity contribution in [1.29, 1.82) is 0 Å². The highest BCUT2D eigenvalue weighted by atomic mass is 35.5. The summed E-state index contributed by atoms with van der Waals surface area (Å²) in [6.07, 6.45) is 1.58. The van der Waals surface area contributed by atoms with Gasteiger partial charge >= 0.3 is 0 Å². The molecule has 2 amide bonds. The number of rotatable bonds is 9. The van der Waals surface area contributed by atoms with Gasteiger partial charge in [-0.05, 0) is 48.7 Å². The van der Waals surface area contributed by atoms with E-state index in [9.17, 15) is 9.59 Å². The molecule has 1 N–H and O–H groups in total. The molecule has 0 aliphatic carbocycles. The molecule has 1 aliphatic heterocycles. The fourth-order valence-electron chi connectivity index (χ4n) is 3.21. The standard InChI is InChI=1S/C23H25ClN2O4/c1-4-12-26-22(27)20(15-6-9-17(10-7-15)30-13-5-2)21(23(26)28)25-16-8-11-19(29-3)18(24)14-16/h6-11,14,25H,4-5,12-13H2,1-3H3. The van der Waals surface area contributed by atoms with Gasteiger partial charge in [0.2, 0.25) is 0 Å². The van der Waals surface area contributed by atoms with E-state index in [0.717, 1.165) is 12.2 Å². The fraction of sp³-hybridized carbons (Fsp3) is 0.304. The zero-order valence-electron chi connectivity index (χ0n) is 17.3. The van der Waals surface area contributed by atoms with Crippen molar-refractivity contribution < 1.29 is 19.1 Å². The van der Waals surface area contributed by atoms with Crippen LogP contribution >= 0.6 is 11.6 Å². The van der Waals surface area contributed by atoms with Gasteiger partial charge in [-0.3, -0.25) is 14.5 Å². The first-order chi connectivity index (χ1) is 14.5. The molecule has 0 spiro atoms. The lowest BCUT2D eigenvalue weighted by molar-refractivity contribution is -0.136. The Hall–Kier alpha value is -2.99. The normalized spacial score (nSPS) is 13.8. The highest BCUT2D eigenvalue weighted by Crippen LogP contribution is 2.33. The van der Waals surface area contributed by atoms with Crippen LogP contribution in [0.2, 0.25) is 5.02 Å². The first kappa shape index (κ1) is 21.7. The molecule has 1 aliphatic rings. The van der Waals surface area contributed by atoms with Gasteiger partial charge < -0.3 is 14.8 Å². The Balaban J connectivity index is 1.99. The maximum absolute atomic E-state index is 13.1. The molecule has 0 unspecified atom stereocenters. The predicted molar refractivity (Wildman–Crippen MR) is 118 cm³/mol. The van der Waals surface area contributed by atoms with Crippen molar-refractivity contribution in [2.75, 3.05) is 25.6 Å². The Morgan fingerprint density at radius 2 is 1.73 bits per heavy atom. The molecular formula is C23H25ClN2O4. The molecule has 0 bridgehead atoms. The summed E-state index contributed by atoms with van der Waals surface area (Å²) in [4.78, 5) is 27.3. The number of anilines is 1. The number of ether oxygens (including phenoxy) is 2. The lowest BCUT2D eigenvalue weighted by atomic mass is 10.0. The van der Waals surface area contributed by atoms with Gasteiger partial charge in [0.1, 0.15) is 17.2 Å². The summed E-state index contributed by atoms with van der Waals surface area (Å²) in [7, 11) is 1.53. The molecule has 2 aromatic carbocycles. The van der Waals surface area contributed by atoms with Crippen LogP contribution in [-0.2, 0) is 9.59 Å². The topological polar surface area (TPSA) is 67.9 Å². The van der Waals surface area contributed by atoms with Crippen LogP contribution in [0, 0.1) is 0 Å². The SMILES string of the molecule is CCCOc1ccc(C2=C(Nc3ccc(OC)c(Cl)c3)C(=O)N(CCC)C2=O)cc1. The Morgan fingerprint density at radius 1 is 1.00 bits per heavy atom. The molecule has 0 fully saturated rings. The highest BCUT2D eigenvalue weighted by Gasteiger charge is 2.38. The fourth-order valence-corrected chi connectivity index (χ4v) is 3.47. The van der Waals surface area contributed by atoms with Crippen molar-refractivity contribution in [3.63, 3.8) is 0 Å². The van der Waals surface area contributed by atoms with E-state index in [1.54, 1.807) is 42.5 Å². The second-order valence-corrected chi connectivity index (χ2v) is 7.27. The summed E-state index contributed by atoms with van der Waals surface area (Å²) in [6.45, 7) is 4.94. The third kappa shape index (κ3) is 4.44. The van der Waals surface area contributed by atoms with Crippen LogP contribution in [0.3, 0.4) is 0 Å². The number of carbonyl (C=O) groups excluding carboxylic acids is 2. The van der Waals surface area contributed by atoms with Crippen molar-refractivity contribution >= 4 is 34.7 Å². The minimum absolute atomic E-state index is 0.233. The van der Waals surface area contributed by atoms with Crippen molar-refractivity contribution in [1.82, 2.24) is 4.90 Å². The summed E-state index contributed by atoms with van der Waals surface area (Å²) in [5.74, 6) is 0.585. The van der Waals surface area contributed by atoms with Crippen molar-refractivity contribution in [3.05, 3.63) is 58.7 Å². The van der Waals surface area contributed by atoms with Crippen LogP contribution in [0.25, 0.3) is 5.57 Å². The number of carbonyl (C=O) groups is 2. The van der Waals surface area contributed by atoms with Crippen LogP contribution in [0.4, 0.5) is 5.69 Å². The van der Waals surface area contributed by atoms with E-state index < -0.39 is 0 Å². The van der Waals surface area contributed by atoms with E-state index in [2.05, 4.69) is 5.32 Å². The van der Waals surface area contributed by atoms with Gasteiger partial charge in [-0.1, -0.05) is 37.6 Å². The summed E-state index contributed by atoms with van der Waals surface area (Å²) >= 11 is 6.21. The number of benzene rings is 2. The minimum Gasteiger partial charge on any atom is -0.495 e. The molecule has 158 valence electrons. The second-order valence-electron chi connectivity index (χ2n) is 6.86. The number of nitrogens with zero attached hydrogens (tertiary/aromatic N) is 1. The number of amides is 2. The van der Waals surface area contributed by atoms with Gasteiger partial charge in [-0.2, -0.15) is 0 Å². The van der Waals surface area contributed by atoms with E-state index in [1.807, 2.05) is 13.8 Å². The van der Waals surface area contributed by atoms with E-state index in [0.29, 0.717) is 47.2 Å². The van der Waals surface area contributed by atoms with Crippen LogP contribution in [0.1, 0.15) is 32.3 Å². The molecule has 0 atom stereocenters. The Morgan fingerprint density at radius 3 is 2.33 bits per heavy atom. The maximum atomic E-state index is 13.1. The van der Waals surface area contributed by atoms with Gasteiger partial charge in [0.05, 0.1) is 24.3 Å². The van der Waals surface area contributed by atoms with Crippen molar-refractivity contribution in [2.24, 2.45) is 0 Å². The average Bonchev–Trinajstić information content (AvgIpc) is 2.97. The molecule has 3 rings (SSSR count). The Labute approximate surface area is 181 Å². The molecule has 1 heterocycles. The first-order valence-electron chi connectivity index (χ1n) is 9.94. The van der Waals surface area contributed by atoms with Crippen LogP contribution in [0.15, 0.2) is 48.2 Å². The molecule has 0 radical (unpaired) electrons. The van der Waals surface area contributed by atoms with Gasteiger partial charge in [-0.25, -0.2) is 0 Å². The van der Waals surface area contributed by atoms with Gasteiger partial charge in [-0.15, -0.1) is 0 Å². The highest BCUT2D eigenvalue weighted by molar-refractivity contribution is 6.36. The number of imide groups is 1. The van der Waals surface area contributed by atoms with E-state index in [-0.39, 0.29) is 17.5 Å². The van der Waals surface area contributed by atoms with E-state index in [1.165, 1.54) is 12.0 Å². The third-order valence-electron chi connectivity index (χ3n) is 4.65. The lowest BCUT2D eigenvalue weighted by Crippen LogP contribution is -2.33. The largest absolute Gasteiger partial charge is 0.495 e. The van der Waals surface area contributed by atoms with Gasteiger partial charge in [0.25, 0.3) is 11.8 Å². The van der Waals surface area contributed by atoms with Crippen LogP contribution in [-0.4, -0.2) is 37.0 Å². The number of methoxy groups -OCH3 is 1. The number of hydrogen-bond acceptors (Lipinski definition) is 5. The molecule has 0 saturated carbocycles. The lowest BCUT2D eigenvalue weighted by Gasteiger charge is -2.14. The molecule has 30 heavy (non-hydrogen) atoms. The first-order valence-corrected chi connectivity index (χ1v) is 10.3. The predicted octanol–water partition coefficient (Wildman–Crippen LogP) is 4.74. The van der Waals surface area contributed by atoms with Gasteiger partial charge in [0.15, 0.2) is 0 Å². The molecule has 0 aromatic heterocycles. The van der Waals surface area contributed by atoms with E-state index in [4.69, 9.17) is 21.1 Å². The van der Waals surface area contributed by atoms with Crippen LogP contribution < -0.4 is 14.8 Å². The van der Waals surface area contributed by atoms with Gasteiger partial charge in [0, 0.05) is 12.2 Å². The molecule has 6 nitrogen and oxygen atoms in total. The minimum atomic E-state index is -0.352. The summed E-state index contributed by atoms with van der Waals surface area (Å²) in [5, 5.41) is 3.50.